The monoisotopic (exact) mass is 298 g/mol. The minimum Gasteiger partial charge on any atom is -0.337 e. The summed E-state index contributed by atoms with van der Waals surface area (Å²) in [4.78, 5) is 16.1. The number of halogens is 1. The van der Waals surface area contributed by atoms with Crippen LogP contribution in [0.2, 0.25) is 5.02 Å². The van der Waals surface area contributed by atoms with Crippen molar-refractivity contribution in [1.29, 1.82) is 0 Å². The van der Waals surface area contributed by atoms with Crippen LogP contribution < -0.4 is 10.6 Å². The number of anilines is 1. The SMILES string of the molecule is Cc1noc(C2(NC(=O)Nc3cscc3Cl)CC2)n1. The fraction of sp³-hybridized carbons (Fsp3) is 0.364. The molecular formula is C11H11ClN4O2S. The van der Waals surface area contributed by atoms with Crippen LogP contribution in [0.5, 0.6) is 0 Å². The van der Waals surface area contributed by atoms with E-state index in [2.05, 4.69) is 20.8 Å². The van der Waals surface area contributed by atoms with Gasteiger partial charge in [-0.3, -0.25) is 0 Å². The van der Waals surface area contributed by atoms with Gasteiger partial charge in [0, 0.05) is 10.8 Å². The molecule has 6 nitrogen and oxygen atoms in total. The number of hydrogen-bond donors (Lipinski definition) is 2. The van der Waals surface area contributed by atoms with E-state index in [0.717, 1.165) is 12.8 Å². The molecule has 8 heteroatoms. The fourth-order valence-corrected chi connectivity index (χ4v) is 2.71. The lowest BCUT2D eigenvalue weighted by Crippen LogP contribution is -2.38. The number of nitrogens with zero attached hydrogens (tertiary/aromatic N) is 2. The molecule has 100 valence electrons. The number of aryl methyl sites for hydroxylation is 1. The first-order valence-electron chi connectivity index (χ1n) is 5.71. The van der Waals surface area contributed by atoms with Gasteiger partial charge in [-0.25, -0.2) is 4.79 Å². The lowest BCUT2D eigenvalue weighted by atomic mass is 10.3. The van der Waals surface area contributed by atoms with Crippen molar-refractivity contribution in [2.45, 2.75) is 25.3 Å². The predicted octanol–water partition coefficient (Wildman–Crippen LogP) is 2.90. The Labute approximate surface area is 118 Å². The van der Waals surface area contributed by atoms with Crippen molar-refractivity contribution >= 4 is 34.7 Å². The van der Waals surface area contributed by atoms with Gasteiger partial charge in [0.1, 0.15) is 5.54 Å². The van der Waals surface area contributed by atoms with Gasteiger partial charge in [0.2, 0.25) is 0 Å². The smallest absolute Gasteiger partial charge is 0.320 e. The summed E-state index contributed by atoms with van der Waals surface area (Å²) in [6.45, 7) is 1.74. The van der Waals surface area contributed by atoms with Crippen molar-refractivity contribution in [3.8, 4) is 0 Å². The highest BCUT2D eigenvalue weighted by molar-refractivity contribution is 7.09. The summed E-state index contributed by atoms with van der Waals surface area (Å²) in [5.41, 5.74) is 0.0788. The maximum Gasteiger partial charge on any atom is 0.320 e. The third-order valence-electron chi connectivity index (χ3n) is 2.90. The molecule has 2 aromatic rings. The van der Waals surface area contributed by atoms with Crippen LogP contribution in [0.1, 0.15) is 24.6 Å². The molecule has 0 aliphatic heterocycles. The second-order valence-electron chi connectivity index (χ2n) is 4.44. The predicted molar refractivity (Wildman–Crippen MR) is 71.4 cm³/mol. The van der Waals surface area contributed by atoms with Crippen LogP contribution >= 0.6 is 22.9 Å². The second-order valence-corrected chi connectivity index (χ2v) is 5.59. The topological polar surface area (TPSA) is 80.0 Å². The molecule has 0 aromatic carbocycles. The molecule has 0 atom stereocenters. The van der Waals surface area contributed by atoms with Crippen LogP contribution in [-0.2, 0) is 5.54 Å². The van der Waals surface area contributed by atoms with Crippen molar-refractivity contribution in [1.82, 2.24) is 15.5 Å². The third-order valence-corrected chi connectivity index (χ3v) is 4.09. The molecule has 1 aliphatic rings. The molecule has 19 heavy (non-hydrogen) atoms. The van der Waals surface area contributed by atoms with Crippen LogP contribution in [-0.4, -0.2) is 16.2 Å². The first kappa shape index (κ1) is 12.4. The number of hydrogen-bond acceptors (Lipinski definition) is 5. The molecule has 2 amide bonds. The molecule has 2 heterocycles. The zero-order valence-electron chi connectivity index (χ0n) is 10.1. The van der Waals surface area contributed by atoms with Gasteiger partial charge in [0.05, 0.1) is 10.7 Å². The second kappa shape index (κ2) is 4.50. The number of urea groups is 1. The number of rotatable bonds is 3. The minimum atomic E-state index is -0.520. The van der Waals surface area contributed by atoms with E-state index in [1.54, 1.807) is 17.7 Å². The molecule has 3 rings (SSSR count). The van der Waals surface area contributed by atoms with E-state index < -0.39 is 5.54 Å². The molecule has 1 fully saturated rings. The number of amides is 2. The molecule has 0 unspecified atom stereocenters. The number of carbonyl (C=O) groups excluding carboxylic acids is 1. The standard InChI is InChI=1S/C11H11ClN4O2S/c1-6-13-9(18-16-6)11(2-3-11)15-10(17)14-8-5-19-4-7(8)12/h4-5H,2-3H2,1H3,(H2,14,15,17). The fourth-order valence-electron chi connectivity index (χ4n) is 1.75. The average molecular weight is 299 g/mol. The summed E-state index contributed by atoms with van der Waals surface area (Å²) in [7, 11) is 0. The maximum atomic E-state index is 11.9. The summed E-state index contributed by atoms with van der Waals surface area (Å²) in [6.07, 6.45) is 1.58. The largest absolute Gasteiger partial charge is 0.337 e. The van der Waals surface area contributed by atoms with Gasteiger partial charge in [-0.1, -0.05) is 16.8 Å². The number of carbonyl (C=O) groups is 1. The lowest BCUT2D eigenvalue weighted by molar-refractivity contribution is 0.241. The van der Waals surface area contributed by atoms with Crippen LogP contribution in [0.25, 0.3) is 0 Å². The molecule has 0 saturated heterocycles. The molecule has 0 radical (unpaired) electrons. The van der Waals surface area contributed by atoms with E-state index in [-0.39, 0.29) is 6.03 Å². The molecule has 2 aromatic heterocycles. The van der Waals surface area contributed by atoms with Crippen molar-refractivity contribution in [3.63, 3.8) is 0 Å². The number of nitrogens with one attached hydrogen (secondary N) is 2. The molecule has 1 aliphatic carbocycles. The Balaban J connectivity index is 1.68. The van der Waals surface area contributed by atoms with E-state index in [0.29, 0.717) is 22.4 Å². The number of aromatic nitrogens is 2. The van der Waals surface area contributed by atoms with Crippen molar-refractivity contribution in [2.24, 2.45) is 0 Å². The summed E-state index contributed by atoms with van der Waals surface area (Å²) in [6, 6.07) is -0.325. The van der Waals surface area contributed by atoms with Gasteiger partial charge >= 0.3 is 6.03 Å². The Bertz CT molecular complexity index is 620. The zero-order chi connectivity index (χ0) is 13.5. The van der Waals surface area contributed by atoms with Gasteiger partial charge in [0.15, 0.2) is 5.82 Å². The van der Waals surface area contributed by atoms with Crippen LogP contribution in [0, 0.1) is 6.92 Å². The van der Waals surface area contributed by atoms with Gasteiger partial charge in [-0.2, -0.15) is 4.98 Å². The summed E-state index contributed by atoms with van der Waals surface area (Å²) in [5.74, 6) is 1.01. The van der Waals surface area contributed by atoms with Crippen LogP contribution in [0.15, 0.2) is 15.3 Å². The Morgan fingerprint density at radius 1 is 1.53 bits per heavy atom. The van der Waals surface area contributed by atoms with Gasteiger partial charge in [-0.15, -0.1) is 11.3 Å². The zero-order valence-corrected chi connectivity index (χ0v) is 11.6. The van der Waals surface area contributed by atoms with E-state index in [9.17, 15) is 4.79 Å². The highest BCUT2D eigenvalue weighted by atomic mass is 35.5. The first-order valence-corrected chi connectivity index (χ1v) is 7.03. The van der Waals surface area contributed by atoms with Crippen molar-refractivity contribution in [3.05, 3.63) is 27.5 Å². The van der Waals surface area contributed by atoms with Crippen molar-refractivity contribution in [2.75, 3.05) is 5.32 Å². The molecule has 1 saturated carbocycles. The first-order chi connectivity index (χ1) is 9.09. The Kier molecular flexibility index (Phi) is 2.94. The van der Waals surface area contributed by atoms with Crippen LogP contribution in [0.4, 0.5) is 10.5 Å². The third kappa shape index (κ3) is 2.43. The quantitative estimate of drug-likeness (QED) is 0.913. The number of thiophene rings is 1. The van der Waals surface area contributed by atoms with E-state index in [1.807, 2.05) is 0 Å². The minimum absolute atomic E-state index is 0.325. The Morgan fingerprint density at radius 2 is 2.32 bits per heavy atom. The van der Waals surface area contributed by atoms with E-state index >= 15 is 0 Å². The Morgan fingerprint density at radius 3 is 2.84 bits per heavy atom. The normalized spacial score (nSPS) is 16.1. The molecule has 2 N–H and O–H groups in total. The Hall–Kier alpha value is -1.60. The molecule has 0 bridgehead atoms. The van der Waals surface area contributed by atoms with E-state index in [1.165, 1.54) is 11.3 Å². The van der Waals surface area contributed by atoms with E-state index in [4.69, 9.17) is 16.1 Å². The maximum absolute atomic E-state index is 11.9. The van der Waals surface area contributed by atoms with Gasteiger partial charge in [0.25, 0.3) is 5.89 Å². The average Bonchev–Trinajstić information content (AvgIpc) is 2.80. The van der Waals surface area contributed by atoms with Gasteiger partial charge < -0.3 is 15.2 Å². The van der Waals surface area contributed by atoms with Gasteiger partial charge in [-0.05, 0) is 19.8 Å². The van der Waals surface area contributed by atoms with Crippen LogP contribution in [0.3, 0.4) is 0 Å². The molecular weight excluding hydrogens is 288 g/mol. The van der Waals surface area contributed by atoms with Crippen molar-refractivity contribution < 1.29 is 9.32 Å². The summed E-state index contributed by atoms with van der Waals surface area (Å²) < 4.78 is 5.12. The highest BCUT2D eigenvalue weighted by Gasteiger charge is 2.50. The summed E-state index contributed by atoms with van der Waals surface area (Å²) >= 11 is 7.34. The summed E-state index contributed by atoms with van der Waals surface area (Å²) in [5, 5.41) is 13.4. The highest BCUT2D eigenvalue weighted by Crippen LogP contribution is 2.44. The lowest BCUT2D eigenvalue weighted by Gasteiger charge is -2.13. The molecule has 0 spiro atoms.